The number of hydrogen-bond donors (Lipinski definition) is 1. The number of hydrogen-bond acceptors (Lipinski definition) is 2. The van der Waals surface area contributed by atoms with E-state index < -0.39 is 24.7 Å². The van der Waals surface area contributed by atoms with Crippen LogP contribution in [0.25, 0.3) is 0 Å². The second kappa shape index (κ2) is 1.92. The molecule has 0 spiro atoms. The molecule has 2 aliphatic rings. The first kappa shape index (κ1) is 3.79. The number of Topliss-reactive ketones (excluding diaryl/α,β-unsaturated/α-hetero) is 1. The van der Waals surface area contributed by atoms with E-state index in [0.29, 0.717) is 6.42 Å². The van der Waals surface area contributed by atoms with E-state index >= 15 is 0 Å². The van der Waals surface area contributed by atoms with Gasteiger partial charge in [-0.1, -0.05) is 6.92 Å². The normalized spacial score (nSPS) is 55.7. The predicted molar refractivity (Wildman–Crippen MR) is 45.6 cm³/mol. The van der Waals surface area contributed by atoms with Gasteiger partial charge >= 0.3 is 0 Å². The van der Waals surface area contributed by atoms with Crippen molar-refractivity contribution in [3.8, 4) is 0 Å². The minimum Gasteiger partial charge on any atom is -0.390 e. The average Bonchev–Trinajstić information content (AvgIpc) is 2.81. The van der Waals surface area contributed by atoms with Crippen LogP contribution >= 0.6 is 0 Å². The van der Waals surface area contributed by atoms with Crippen molar-refractivity contribution < 1.29 is 18.1 Å². The summed E-state index contributed by atoms with van der Waals surface area (Å²) in [4.78, 5) is 11.6. The van der Waals surface area contributed by atoms with Crippen LogP contribution < -0.4 is 0 Å². The van der Waals surface area contributed by atoms with Crippen LogP contribution in [0.1, 0.15) is 41.7 Å². The van der Waals surface area contributed by atoms with E-state index in [9.17, 15) is 9.90 Å². The minimum absolute atomic E-state index is 0.147. The summed E-state index contributed by atoms with van der Waals surface area (Å²) in [5.74, 6) is -0.838. The van der Waals surface area contributed by atoms with Crippen molar-refractivity contribution >= 4 is 5.78 Å². The number of rotatable bonds is 1. The van der Waals surface area contributed by atoms with Gasteiger partial charge in [0.15, 0.2) is 0 Å². The van der Waals surface area contributed by atoms with Crippen molar-refractivity contribution in [3.63, 3.8) is 0 Å². The lowest BCUT2D eigenvalue weighted by Gasteiger charge is -2.27. The zero-order valence-electron chi connectivity index (χ0n) is 12.9. The Bertz CT molecular complexity index is 384. The lowest BCUT2D eigenvalue weighted by molar-refractivity contribution is -0.122. The van der Waals surface area contributed by atoms with Crippen LogP contribution in [0.5, 0.6) is 0 Å². The zero-order valence-corrected chi connectivity index (χ0v) is 6.92. The van der Waals surface area contributed by atoms with E-state index in [1.165, 1.54) is 0 Å². The molecule has 2 aliphatic carbocycles. The fraction of sp³-hybridized carbons (Fsp3) is 0.900. The molecule has 0 unspecified atom stereocenters. The van der Waals surface area contributed by atoms with Crippen LogP contribution in [0.4, 0.5) is 0 Å². The fourth-order valence-corrected chi connectivity index (χ4v) is 2.43. The van der Waals surface area contributed by atoms with E-state index in [-0.39, 0.29) is 24.0 Å². The second-order valence-electron chi connectivity index (χ2n) is 4.11. The maximum absolute atomic E-state index is 11.6. The van der Waals surface area contributed by atoms with Gasteiger partial charge in [0.05, 0.1) is 5.60 Å². The van der Waals surface area contributed by atoms with E-state index in [0.717, 1.165) is 0 Å². The molecule has 2 rings (SSSR count). The standard InChI is InChI=1S/C10H16O2/c1-6-7-4-10(7,5-8(6)11)9(2,3)12/h6-7,12H,4-5H2,1-3H3/t6-,7-,10-/m1/s1/i2D3,3D3. The molecule has 2 saturated carbocycles. The first-order valence-corrected chi connectivity index (χ1v) is 4.13. The summed E-state index contributed by atoms with van der Waals surface area (Å²) in [5.41, 5.74) is -4.09. The highest BCUT2D eigenvalue weighted by Gasteiger charge is 2.69. The fourth-order valence-electron chi connectivity index (χ4n) is 2.43. The van der Waals surface area contributed by atoms with Crippen LogP contribution in [0.3, 0.4) is 0 Å². The number of carbonyl (C=O) groups is 1. The summed E-state index contributed by atoms with van der Waals surface area (Å²) in [7, 11) is 0. The number of carbonyl (C=O) groups excluding carboxylic acids is 1. The summed E-state index contributed by atoms with van der Waals surface area (Å²) in [6.45, 7) is -4.39. The Morgan fingerprint density at radius 3 is 2.83 bits per heavy atom. The maximum Gasteiger partial charge on any atom is 0.136 e. The van der Waals surface area contributed by atoms with E-state index in [4.69, 9.17) is 8.22 Å². The molecule has 3 atom stereocenters. The third kappa shape index (κ3) is 0.764. The van der Waals surface area contributed by atoms with Gasteiger partial charge in [-0.2, -0.15) is 0 Å². The molecule has 0 aromatic rings. The van der Waals surface area contributed by atoms with Crippen LogP contribution in [-0.4, -0.2) is 16.5 Å². The highest BCUT2D eigenvalue weighted by Crippen LogP contribution is 2.69. The number of ketones is 1. The van der Waals surface area contributed by atoms with Crippen molar-refractivity contribution in [2.45, 2.75) is 39.1 Å². The van der Waals surface area contributed by atoms with Gasteiger partial charge < -0.3 is 5.11 Å². The monoisotopic (exact) mass is 174 g/mol. The van der Waals surface area contributed by atoms with Gasteiger partial charge in [0, 0.05) is 26.0 Å². The van der Waals surface area contributed by atoms with Gasteiger partial charge in [-0.25, -0.2) is 0 Å². The smallest absolute Gasteiger partial charge is 0.136 e. The quantitative estimate of drug-likeness (QED) is 0.652. The van der Waals surface area contributed by atoms with Crippen molar-refractivity contribution in [2.75, 3.05) is 0 Å². The second-order valence-corrected chi connectivity index (χ2v) is 4.11. The molecule has 0 heterocycles. The van der Waals surface area contributed by atoms with Crippen molar-refractivity contribution in [1.29, 1.82) is 0 Å². The maximum atomic E-state index is 11.6. The van der Waals surface area contributed by atoms with Crippen molar-refractivity contribution in [2.24, 2.45) is 17.3 Å². The number of fused-ring (bicyclic) bond motifs is 1. The topological polar surface area (TPSA) is 37.3 Å². The van der Waals surface area contributed by atoms with Crippen LogP contribution in [0, 0.1) is 17.3 Å². The van der Waals surface area contributed by atoms with Gasteiger partial charge in [-0.3, -0.25) is 4.79 Å². The molecule has 0 aromatic carbocycles. The lowest BCUT2D eigenvalue weighted by atomic mass is 9.85. The largest absolute Gasteiger partial charge is 0.390 e. The SMILES string of the molecule is [2H]C([2H])([2H])C(O)(C([2H])([2H])[2H])[C@]12CC(=O)[C@H](C)[C@H]1C2. The molecule has 0 saturated heterocycles. The molecular weight excluding hydrogens is 152 g/mol. The Hall–Kier alpha value is -0.370. The lowest BCUT2D eigenvalue weighted by Crippen LogP contribution is -2.33. The van der Waals surface area contributed by atoms with Gasteiger partial charge in [0.2, 0.25) is 0 Å². The van der Waals surface area contributed by atoms with Gasteiger partial charge in [0.1, 0.15) is 5.78 Å². The Morgan fingerprint density at radius 1 is 1.75 bits per heavy atom. The van der Waals surface area contributed by atoms with Gasteiger partial charge in [0.25, 0.3) is 0 Å². The third-order valence-corrected chi connectivity index (χ3v) is 3.46. The molecule has 2 heteroatoms. The Labute approximate surface area is 81.4 Å². The molecule has 2 nitrogen and oxygen atoms in total. The molecule has 1 N–H and O–H groups in total. The number of aliphatic hydroxyl groups is 1. The van der Waals surface area contributed by atoms with Gasteiger partial charge in [-0.05, 0) is 26.0 Å². The van der Waals surface area contributed by atoms with E-state index in [2.05, 4.69) is 0 Å². The van der Waals surface area contributed by atoms with Crippen molar-refractivity contribution in [3.05, 3.63) is 0 Å². The molecular formula is C10H16O2. The van der Waals surface area contributed by atoms with Gasteiger partial charge in [-0.15, -0.1) is 0 Å². The molecule has 0 amide bonds. The Kier molecular flexibility index (Phi) is 0.607. The van der Waals surface area contributed by atoms with Crippen LogP contribution in [0.15, 0.2) is 0 Å². The van der Waals surface area contributed by atoms with Crippen LogP contribution in [0.2, 0.25) is 0 Å². The average molecular weight is 174 g/mol. The summed E-state index contributed by atoms with van der Waals surface area (Å²) in [6, 6.07) is 0. The molecule has 12 heavy (non-hydrogen) atoms. The van der Waals surface area contributed by atoms with E-state index in [1.54, 1.807) is 6.92 Å². The summed E-state index contributed by atoms with van der Waals surface area (Å²) in [6.07, 6.45) is 0.152. The predicted octanol–water partition coefficient (Wildman–Crippen LogP) is 1.37. The van der Waals surface area contributed by atoms with Crippen molar-refractivity contribution in [1.82, 2.24) is 0 Å². The molecule has 0 aromatic heterocycles. The Morgan fingerprint density at radius 2 is 2.42 bits per heavy atom. The minimum atomic E-state index is -3.03. The summed E-state index contributed by atoms with van der Waals surface area (Å²) in [5, 5.41) is 10.4. The molecule has 0 aliphatic heterocycles. The molecule has 0 bridgehead atoms. The molecule has 0 radical (unpaired) electrons. The Balaban J connectivity index is 2.50. The van der Waals surface area contributed by atoms with E-state index in [1.807, 2.05) is 0 Å². The summed E-state index contributed by atoms with van der Waals surface area (Å²) >= 11 is 0. The van der Waals surface area contributed by atoms with Crippen LogP contribution in [-0.2, 0) is 4.79 Å². The highest BCUT2D eigenvalue weighted by atomic mass is 16.3. The molecule has 68 valence electrons. The first-order chi connectivity index (χ1) is 7.88. The zero-order chi connectivity index (χ0) is 14.1. The first-order valence-electron chi connectivity index (χ1n) is 7.13. The summed E-state index contributed by atoms with van der Waals surface area (Å²) < 4.78 is 44.4. The highest BCUT2D eigenvalue weighted by molar-refractivity contribution is 5.86. The third-order valence-electron chi connectivity index (χ3n) is 3.46. The molecule has 2 fully saturated rings.